The molecule has 0 aromatic carbocycles. The summed E-state index contributed by atoms with van der Waals surface area (Å²) in [6.45, 7) is 8.70. The van der Waals surface area contributed by atoms with E-state index >= 15 is 0 Å². The fourth-order valence-electron chi connectivity index (χ4n) is 3.12. The second-order valence-electron chi connectivity index (χ2n) is 6.28. The summed E-state index contributed by atoms with van der Waals surface area (Å²) in [6, 6.07) is 0.523. The number of nitrogens with zero attached hydrogens (tertiary/aromatic N) is 1. The summed E-state index contributed by atoms with van der Waals surface area (Å²) in [5.74, 6) is 1.43. The van der Waals surface area contributed by atoms with Crippen LogP contribution in [0.1, 0.15) is 53.4 Å². The van der Waals surface area contributed by atoms with E-state index in [0.717, 1.165) is 25.7 Å². The maximum absolute atomic E-state index is 12.5. The molecule has 0 aromatic rings. The molecule has 1 aliphatic rings. The van der Waals surface area contributed by atoms with Crippen LogP contribution in [-0.4, -0.2) is 29.9 Å². The molecule has 0 radical (unpaired) electrons. The lowest BCUT2D eigenvalue weighted by atomic mass is 9.72. The van der Waals surface area contributed by atoms with Crippen molar-refractivity contribution in [3.05, 3.63) is 0 Å². The van der Waals surface area contributed by atoms with E-state index in [1.807, 2.05) is 11.9 Å². The normalized spacial score (nSPS) is 34.1. The summed E-state index contributed by atoms with van der Waals surface area (Å²) in [5.41, 5.74) is 6.13. The minimum Gasteiger partial charge on any atom is -0.343 e. The van der Waals surface area contributed by atoms with E-state index in [0.29, 0.717) is 23.8 Å². The van der Waals surface area contributed by atoms with Gasteiger partial charge < -0.3 is 10.6 Å². The number of hydrogen-bond acceptors (Lipinski definition) is 2. The van der Waals surface area contributed by atoms with Gasteiger partial charge in [0.2, 0.25) is 5.91 Å². The fraction of sp³-hybridized carbons (Fsp3) is 0.933. The predicted molar refractivity (Wildman–Crippen MR) is 76.2 cm³/mol. The Bertz CT molecular complexity index is 280. The van der Waals surface area contributed by atoms with Gasteiger partial charge in [-0.1, -0.05) is 27.2 Å². The first-order valence-corrected chi connectivity index (χ1v) is 7.40. The number of carbonyl (C=O) groups excluding carboxylic acids is 1. The van der Waals surface area contributed by atoms with Crippen molar-refractivity contribution < 1.29 is 4.79 Å². The number of nitrogens with two attached hydrogens (primary N) is 1. The molecule has 1 saturated carbocycles. The maximum Gasteiger partial charge on any atom is 0.225 e. The first-order valence-electron chi connectivity index (χ1n) is 7.40. The molecule has 18 heavy (non-hydrogen) atoms. The summed E-state index contributed by atoms with van der Waals surface area (Å²) < 4.78 is 0. The minimum absolute atomic E-state index is 0.125. The van der Waals surface area contributed by atoms with Crippen molar-refractivity contribution in [3.8, 4) is 0 Å². The van der Waals surface area contributed by atoms with E-state index in [9.17, 15) is 4.79 Å². The van der Waals surface area contributed by atoms with Gasteiger partial charge in [-0.3, -0.25) is 4.79 Å². The molecule has 3 heteroatoms. The molecule has 0 spiro atoms. The van der Waals surface area contributed by atoms with Crippen LogP contribution in [0.5, 0.6) is 0 Å². The zero-order valence-electron chi connectivity index (χ0n) is 12.6. The van der Waals surface area contributed by atoms with Crippen LogP contribution in [0, 0.1) is 17.8 Å². The molecule has 0 aliphatic heterocycles. The Morgan fingerprint density at radius 2 is 1.94 bits per heavy atom. The maximum atomic E-state index is 12.5. The smallest absolute Gasteiger partial charge is 0.225 e. The molecule has 2 N–H and O–H groups in total. The highest BCUT2D eigenvalue weighted by molar-refractivity contribution is 5.79. The topological polar surface area (TPSA) is 46.3 Å². The van der Waals surface area contributed by atoms with Crippen molar-refractivity contribution in [2.75, 3.05) is 7.05 Å². The molecule has 3 nitrogen and oxygen atoms in total. The first-order chi connectivity index (χ1) is 8.38. The monoisotopic (exact) mass is 254 g/mol. The number of rotatable bonds is 4. The highest BCUT2D eigenvalue weighted by Gasteiger charge is 2.36. The van der Waals surface area contributed by atoms with E-state index in [1.54, 1.807) is 0 Å². The van der Waals surface area contributed by atoms with Gasteiger partial charge >= 0.3 is 0 Å². The van der Waals surface area contributed by atoms with Crippen LogP contribution >= 0.6 is 0 Å². The van der Waals surface area contributed by atoms with Gasteiger partial charge in [-0.2, -0.15) is 0 Å². The van der Waals surface area contributed by atoms with Crippen molar-refractivity contribution in [1.82, 2.24) is 4.90 Å². The van der Waals surface area contributed by atoms with E-state index < -0.39 is 0 Å². The molecule has 106 valence electrons. The fourth-order valence-corrected chi connectivity index (χ4v) is 3.12. The van der Waals surface area contributed by atoms with Gasteiger partial charge in [-0.05, 0) is 38.0 Å². The molecule has 0 aromatic heterocycles. The highest BCUT2D eigenvalue weighted by atomic mass is 16.2. The highest BCUT2D eigenvalue weighted by Crippen LogP contribution is 2.34. The molecule has 5 unspecified atom stereocenters. The van der Waals surface area contributed by atoms with Gasteiger partial charge in [-0.25, -0.2) is 0 Å². The van der Waals surface area contributed by atoms with Crippen molar-refractivity contribution >= 4 is 5.91 Å². The van der Waals surface area contributed by atoms with Gasteiger partial charge in [-0.15, -0.1) is 0 Å². The molecule has 0 heterocycles. The van der Waals surface area contributed by atoms with Crippen molar-refractivity contribution in [3.63, 3.8) is 0 Å². The van der Waals surface area contributed by atoms with Crippen LogP contribution in [0.25, 0.3) is 0 Å². The zero-order valence-corrected chi connectivity index (χ0v) is 12.6. The standard InChI is InChI=1S/C15H30N2O/c1-6-7-12(4)17(5)15(18)13-9-14(16)11(3)8-10(13)2/h10-14H,6-9,16H2,1-5H3. The van der Waals surface area contributed by atoms with E-state index in [-0.39, 0.29) is 12.0 Å². The number of amides is 1. The predicted octanol–water partition coefficient (Wildman–Crippen LogP) is 2.64. The third kappa shape index (κ3) is 3.47. The Kier molecular flexibility index (Phi) is 5.64. The molecule has 1 amide bonds. The minimum atomic E-state index is 0.125. The second kappa shape index (κ2) is 6.55. The lowest BCUT2D eigenvalue weighted by molar-refractivity contribution is -0.139. The molecular formula is C15H30N2O. The Balaban J connectivity index is 2.65. The van der Waals surface area contributed by atoms with Crippen molar-refractivity contribution in [2.24, 2.45) is 23.5 Å². The summed E-state index contributed by atoms with van der Waals surface area (Å²) in [4.78, 5) is 14.5. The summed E-state index contributed by atoms with van der Waals surface area (Å²) >= 11 is 0. The van der Waals surface area contributed by atoms with E-state index in [4.69, 9.17) is 5.73 Å². The molecule has 1 fully saturated rings. The lowest BCUT2D eigenvalue weighted by Crippen LogP contribution is -2.47. The number of hydrogen-bond donors (Lipinski definition) is 1. The van der Waals surface area contributed by atoms with E-state index in [1.165, 1.54) is 0 Å². The molecular weight excluding hydrogens is 224 g/mol. The summed E-state index contributed by atoms with van der Waals surface area (Å²) in [6.07, 6.45) is 4.12. The molecule has 0 bridgehead atoms. The van der Waals surface area contributed by atoms with Gasteiger partial charge in [0, 0.05) is 25.0 Å². The Morgan fingerprint density at radius 3 is 2.50 bits per heavy atom. The largest absolute Gasteiger partial charge is 0.343 e. The van der Waals surface area contributed by atoms with Crippen LogP contribution in [0.3, 0.4) is 0 Å². The van der Waals surface area contributed by atoms with Gasteiger partial charge in [0.15, 0.2) is 0 Å². The summed E-state index contributed by atoms with van der Waals surface area (Å²) in [5, 5.41) is 0. The van der Waals surface area contributed by atoms with Crippen LogP contribution in [-0.2, 0) is 4.79 Å². The third-order valence-corrected chi connectivity index (χ3v) is 4.72. The average molecular weight is 254 g/mol. The average Bonchev–Trinajstić information content (AvgIpc) is 2.32. The molecule has 1 rings (SSSR count). The zero-order chi connectivity index (χ0) is 13.9. The quantitative estimate of drug-likeness (QED) is 0.838. The second-order valence-corrected chi connectivity index (χ2v) is 6.28. The Labute approximate surface area is 112 Å². The summed E-state index contributed by atoms with van der Waals surface area (Å²) in [7, 11) is 1.94. The third-order valence-electron chi connectivity index (χ3n) is 4.72. The SMILES string of the molecule is CCCC(C)N(C)C(=O)C1CC(N)C(C)CC1C. The molecule has 1 aliphatic carbocycles. The van der Waals surface area contributed by atoms with Crippen LogP contribution in [0.4, 0.5) is 0 Å². The van der Waals surface area contributed by atoms with E-state index in [2.05, 4.69) is 27.7 Å². The van der Waals surface area contributed by atoms with Crippen LogP contribution < -0.4 is 5.73 Å². The van der Waals surface area contributed by atoms with Crippen molar-refractivity contribution in [1.29, 1.82) is 0 Å². The van der Waals surface area contributed by atoms with Gasteiger partial charge in [0.25, 0.3) is 0 Å². The van der Waals surface area contributed by atoms with Gasteiger partial charge in [0.1, 0.15) is 0 Å². The van der Waals surface area contributed by atoms with Crippen LogP contribution in [0.15, 0.2) is 0 Å². The first kappa shape index (κ1) is 15.5. The van der Waals surface area contributed by atoms with Crippen LogP contribution in [0.2, 0.25) is 0 Å². The molecule has 5 atom stereocenters. The lowest BCUT2D eigenvalue weighted by Gasteiger charge is -2.39. The Morgan fingerprint density at radius 1 is 1.33 bits per heavy atom. The number of carbonyl (C=O) groups is 1. The van der Waals surface area contributed by atoms with Gasteiger partial charge in [0.05, 0.1) is 0 Å². The molecule has 0 saturated heterocycles. The Hall–Kier alpha value is -0.570. The van der Waals surface area contributed by atoms with Crippen molar-refractivity contribution in [2.45, 2.75) is 65.5 Å².